The predicted molar refractivity (Wildman–Crippen MR) is 307 cm³/mol. The Labute approximate surface area is 464 Å². The number of allylic oxidation sites excluding steroid dienone is 14. The zero-order valence-electron chi connectivity index (χ0n) is 47.4. The van der Waals surface area contributed by atoms with Crippen molar-refractivity contribution in [1.82, 2.24) is 0 Å². The van der Waals surface area contributed by atoms with Gasteiger partial charge in [-0.25, -0.2) is 9.13 Å². The Morgan fingerprint density at radius 2 is 0.727 bits per heavy atom. The van der Waals surface area contributed by atoms with Crippen LogP contribution in [0.4, 0.5) is 0 Å². The first-order valence-corrected chi connectivity index (χ1v) is 31.9. The summed E-state index contributed by atoms with van der Waals surface area (Å²) in [5.41, 5.74) is 0. The zero-order chi connectivity index (χ0) is 56.8. The molecule has 0 bridgehead atoms. The summed E-state index contributed by atoms with van der Waals surface area (Å²) in [5, 5.41) is 20.4. The molecule has 0 rings (SSSR count). The molecule has 0 saturated carbocycles. The Morgan fingerprint density at radius 1 is 0.377 bits per heavy atom. The zero-order valence-corrected chi connectivity index (χ0v) is 49.1. The Balaban J connectivity index is 4.66. The summed E-state index contributed by atoms with van der Waals surface area (Å²) in [4.78, 5) is 57.8. The van der Waals surface area contributed by atoms with Crippen molar-refractivity contribution in [2.45, 2.75) is 232 Å². The highest BCUT2D eigenvalue weighted by molar-refractivity contribution is 7.47. The molecule has 0 aliphatic heterocycles. The topological polar surface area (TPSA) is 231 Å². The van der Waals surface area contributed by atoms with Crippen LogP contribution in [0.25, 0.3) is 0 Å². The van der Waals surface area contributed by atoms with E-state index in [0.717, 1.165) is 96.3 Å². The monoisotopic (exact) mass is 1130 g/mol. The number of esters is 3. The van der Waals surface area contributed by atoms with Crippen molar-refractivity contribution < 1.29 is 75.8 Å². The molecule has 0 fully saturated rings. The lowest BCUT2D eigenvalue weighted by Gasteiger charge is -2.21. The number of unbranched alkanes of at least 4 members (excludes halogenated alkanes) is 17. The largest absolute Gasteiger partial charge is 0.472 e. The molecule has 0 aromatic rings. The highest BCUT2D eigenvalue weighted by Crippen LogP contribution is 2.45. The molecule has 0 aromatic heterocycles. The molecule has 0 aliphatic rings. The summed E-state index contributed by atoms with van der Waals surface area (Å²) in [6.45, 7) is 2.37. The number of hydrogen-bond acceptors (Lipinski definition) is 14. The molecule has 5 unspecified atom stereocenters. The van der Waals surface area contributed by atoms with Crippen molar-refractivity contribution in [3.63, 3.8) is 0 Å². The normalized spacial score (nSPS) is 15.2. The third-order valence-electron chi connectivity index (χ3n) is 11.6. The summed E-state index contributed by atoms with van der Waals surface area (Å²) in [6.07, 6.45) is 52.6. The fourth-order valence-electron chi connectivity index (χ4n) is 7.16. The predicted octanol–water partition coefficient (Wildman–Crippen LogP) is 14.6. The quantitative estimate of drug-likeness (QED) is 0.0146. The average molecular weight is 1130 g/mol. The highest BCUT2D eigenvalue weighted by atomic mass is 31.2. The van der Waals surface area contributed by atoms with Crippen LogP contribution in [0.2, 0.25) is 0 Å². The van der Waals surface area contributed by atoms with Crippen LogP contribution in [-0.4, -0.2) is 95.9 Å². The molecule has 5 atom stereocenters. The summed E-state index contributed by atoms with van der Waals surface area (Å²) < 4.78 is 60.4. The standard InChI is InChI=1S/C59H102O16P2/c1-4-7-10-13-16-19-22-23-24-25-26-27-28-29-32-34-36-39-42-45-57(62)69-48-54(60)49-71-76(65,66)72-50-55(61)51-73-77(67,68)74-53-56(75-59(64)47-44-41-38-35-31-21-18-15-12-9-6-3)52-70-58(63)46-43-40-37-33-30-20-17-14-11-8-5-2/h7,10,14,16-17,19,23-24,26-27,29,32,36,39,54-56,60-61H,4-6,8-9,11-13,15,18,20-22,25,28,30-31,33-35,37-38,40-53H2,1-3H3,(H,65,66)(H,67,68)/b10-7-,17-14-,19-16-,24-23-,27-26-,32-29-,39-36-. The molecule has 0 aliphatic carbocycles. The maximum Gasteiger partial charge on any atom is 0.472 e. The van der Waals surface area contributed by atoms with Crippen molar-refractivity contribution in [2.75, 3.05) is 39.6 Å². The second kappa shape index (κ2) is 53.4. The van der Waals surface area contributed by atoms with E-state index in [4.69, 9.17) is 32.3 Å². The van der Waals surface area contributed by atoms with Gasteiger partial charge < -0.3 is 34.2 Å². The number of phosphoric acid groups is 2. The number of carbonyl (C=O) groups excluding carboxylic acids is 3. The average Bonchev–Trinajstić information content (AvgIpc) is 3.40. The van der Waals surface area contributed by atoms with Crippen molar-refractivity contribution in [3.8, 4) is 0 Å². The van der Waals surface area contributed by atoms with Crippen molar-refractivity contribution in [3.05, 3.63) is 85.1 Å². The van der Waals surface area contributed by atoms with Crippen LogP contribution in [0, 0.1) is 0 Å². The summed E-state index contributed by atoms with van der Waals surface area (Å²) >= 11 is 0. The van der Waals surface area contributed by atoms with Gasteiger partial charge in [0.15, 0.2) is 6.10 Å². The third kappa shape index (κ3) is 54.5. The Bertz CT molecular complexity index is 1760. The fourth-order valence-corrected chi connectivity index (χ4v) is 8.75. The maximum absolute atomic E-state index is 12.8. The minimum Gasteiger partial charge on any atom is -0.463 e. The van der Waals surface area contributed by atoms with Gasteiger partial charge in [0.2, 0.25) is 0 Å². The molecule has 0 heterocycles. The molecule has 4 N–H and O–H groups in total. The second-order valence-corrected chi connectivity index (χ2v) is 22.0. The molecule has 0 radical (unpaired) electrons. The van der Waals surface area contributed by atoms with Crippen LogP contribution in [0.5, 0.6) is 0 Å². The number of rotatable bonds is 54. The van der Waals surface area contributed by atoms with Gasteiger partial charge in [-0.3, -0.25) is 32.5 Å². The highest BCUT2D eigenvalue weighted by Gasteiger charge is 2.29. The molecular formula is C59H102O16P2. The number of ether oxygens (including phenoxy) is 3. The van der Waals surface area contributed by atoms with E-state index in [1.807, 2.05) is 18.2 Å². The Morgan fingerprint density at radius 3 is 1.21 bits per heavy atom. The van der Waals surface area contributed by atoms with E-state index in [0.29, 0.717) is 25.7 Å². The lowest BCUT2D eigenvalue weighted by atomic mass is 10.1. The first-order valence-electron chi connectivity index (χ1n) is 28.9. The first-order chi connectivity index (χ1) is 37.2. The molecule has 18 heteroatoms. The molecular weight excluding hydrogens is 1030 g/mol. The number of phosphoric ester groups is 2. The molecule has 0 amide bonds. The van der Waals surface area contributed by atoms with E-state index in [1.165, 1.54) is 51.4 Å². The summed E-state index contributed by atoms with van der Waals surface area (Å²) in [6, 6.07) is 0. The summed E-state index contributed by atoms with van der Waals surface area (Å²) in [7, 11) is -9.77. The van der Waals surface area contributed by atoms with E-state index >= 15 is 0 Å². The Kier molecular flexibility index (Phi) is 51.1. The lowest BCUT2D eigenvalue weighted by Crippen LogP contribution is -2.30. The maximum atomic E-state index is 12.8. The van der Waals surface area contributed by atoms with Crippen LogP contribution in [0.15, 0.2) is 85.1 Å². The number of aliphatic hydroxyl groups excluding tert-OH is 2. The van der Waals surface area contributed by atoms with Gasteiger partial charge in [0, 0.05) is 19.3 Å². The van der Waals surface area contributed by atoms with Crippen LogP contribution in [-0.2, 0) is 55.8 Å². The number of carbonyl (C=O) groups is 3. The van der Waals surface area contributed by atoms with Gasteiger partial charge >= 0.3 is 33.6 Å². The second-order valence-electron chi connectivity index (χ2n) is 19.1. The van der Waals surface area contributed by atoms with Gasteiger partial charge in [0.25, 0.3) is 0 Å². The fraction of sp³-hybridized carbons (Fsp3) is 0.712. The van der Waals surface area contributed by atoms with Gasteiger partial charge in [-0.2, -0.15) is 0 Å². The van der Waals surface area contributed by atoms with E-state index in [2.05, 4.69) is 87.6 Å². The van der Waals surface area contributed by atoms with E-state index in [-0.39, 0.29) is 19.3 Å². The van der Waals surface area contributed by atoms with Crippen molar-refractivity contribution in [2.24, 2.45) is 0 Å². The minimum atomic E-state index is -4.91. The lowest BCUT2D eigenvalue weighted by molar-refractivity contribution is -0.161. The van der Waals surface area contributed by atoms with E-state index in [1.54, 1.807) is 0 Å². The van der Waals surface area contributed by atoms with Crippen LogP contribution >= 0.6 is 15.6 Å². The first kappa shape index (κ1) is 73.7. The molecule has 0 aromatic carbocycles. The van der Waals surface area contributed by atoms with Gasteiger partial charge in [-0.15, -0.1) is 0 Å². The number of hydrogen-bond donors (Lipinski definition) is 4. The molecule has 77 heavy (non-hydrogen) atoms. The van der Waals surface area contributed by atoms with Crippen LogP contribution in [0.3, 0.4) is 0 Å². The van der Waals surface area contributed by atoms with Gasteiger partial charge in [-0.1, -0.05) is 202 Å². The van der Waals surface area contributed by atoms with Crippen LogP contribution in [0.1, 0.15) is 213 Å². The van der Waals surface area contributed by atoms with Gasteiger partial charge in [0.05, 0.1) is 26.4 Å². The third-order valence-corrected chi connectivity index (χ3v) is 13.5. The molecule has 16 nitrogen and oxygen atoms in total. The van der Waals surface area contributed by atoms with E-state index < -0.39 is 91.5 Å². The van der Waals surface area contributed by atoms with Gasteiger partial charge in [-0.05, 0) is 77.0 Å². The summed E-state index contributed by atoms with van der Waals surface area (Å²) in [5.74, 6) is -1.67. The Hall–Kier alpha value is -3.27. The smallest absolute Gasteiger partial charge is 0.463 e. The van der Waals surface area contributed by atoms with Crippen LogP contribution < -0.4 is 0 Å². The van der Waals surface area contributed by atoms with Gasteiger partial charge in [0.1, 0.15) is 25.4 Å². The minimum absolute atomic E-state index is 0.0599. The SMILES string of the molecule is CC/C=C\C/C=C\C/C=C\C/C=C\C/C=C\C/C=C\CCC(=O)OCC(O)COP(=O)(O)OCC(O)COP(=O)(O)OCC(COC(=O)CCCCCCC/C=C\CCCC)OC(=O)CCCCCCCCCCCCC. The molecule has 0 saturated heterocycles. The van der Waals surface area contributed by atoms with E-state index in [9.17, 15) is 43.5 Å². The number of aliphatic hydroxyl groups is 2. The van der Waals surface area contributed by atoms with Crippen molar-refractivity contribution in [1.29, 1.82) is 0 Å². The molecule has 444 valence electrons. The van der Waals surface area contributed by atoms with Crippen molar-refractivity contribution >= 4 is 33.6 Å². The molecule has 0 spiro atoms.